The molecule has 0 spiro atoms. The predicted molar refractivity (Wildman–Crippen MR) is 113 cm³/mol. The average Bonchev–Trinajstić information content (AvgIpc) is 2.74. The summed E-state index contributed by atoms with van der Waals surface area (Å²) in [5.41, 5.74) is 2.94. The SMILES string of the molecule is COc1cc(-c2cc(NCCc3ccc(Br)cc3)ncn2)ccc1OCCO. The van der Waals surface area contributed by atoms with E-state index in [1.54, 1.807) is 13.4 Å². The van der Waals surface area contributed by atoms with Crippen LogP contribution in [0.1, 0.15) is 5.56 Å². The number of methoxy groups -OCH3 is 1. The summed E-state index contributed by atoms with van der Waals surface area (Å²) in [5, 5.41) is 12.3. The van der Waals surface area contributed by atoms with Crippen LogP contribution in [0.5, 0.6) is 11.5 Å². The van der Waals surface area contributed by atoms with Gasteiger partial charge in [-0.15, -0.1) is 0 Å². The van der Waals surface area contributed by atoms with Crippen molar-refractivity contribution in [3.63, 3.8) is 0 Å². The van der Waals surface area contributed by atoms with Crippen LogP contribution in [0.2, 0.25) is 0 Å². The molecule has 0 atom stereocenters. The predicted octanol–water partition coefficient (Wildman–Crippen LogP) is 3.94. The van der Waals surface area contributed by atoms with Gasteiger partial charge in [0.1, 0.15) is 18.8 Å². The van der Waals surface area contributed by atoms with Gasteiger partial charge in [0, 0.05) is 22.6 Å². The highest BCUT2D eigenvalue weighted by molar-refractivity contribution is 9.10. The molecule has 0 bridgehead atoms. The molecule has 3 aromatic rings. The molecule has 0 saturated heterocycles. The maximum atomic E-state index is 8.92. The third-order valence-corrected chi connectivity index (χ3v) is 4.64. The summed E-state index contributed by atoms with van der Waals surface area (Å²) in [7, 11) is 1.58. The van der Waals surface area contributed by atoms with E-state index in [0.29, 0.717) is 11.5 Å². The standard InChI is InChI=1S/C21H22BrN3O3/c1-27-20-12-16(4-7-19(20)28-11-10-26)18-13-21(25-14-24-18)23-9-8-15-2-5-17(22)6-3-15/h2-7,12-14,26H,8-11H2,1H3,(H,23,24,25). The highest BCUT2D eigenvalue weighted by Gasteiger charge is 2.09. The largest absolute Gasteiger partial charge is 0.493 e. The molecule has 3 rings (SSSR count). The van der Waals surface area contributed by atoms with Crippen LogP contribution in [-0.2, 0) is 6.42 Å². The number of ether oxygens (including phenoxy) is 2. The molecule has 0 saturated carbocycles. The molecule has 146 valence electrons. The Kier molecular flexibility index (Phi) is 7.22. The van der Waals surface area contributed by atoms with Crippen molar-refractivity contribution in [2.45, 2.75) is 6.42 Å². The molecule has 0 aliphatic carbocycles. The highest BCUT2D eigenvalue weighted by atomic mass is 79.9. The number of nitrogens with zero attached hydrogens (tertiary/aromatic N) is 2. The number of hydrogen-bond acceptors (Lipinski definition) is 6. The number of halogens is 1. The maximum absolute atomic E-state index is 8.92. The molecular formula is C21H22BrN3O3. The summed E-state index contributed by atoms with van der Waals surface area (Å²) < 4.78 is 11.9. The molecule has 28 heavy (non-hydrogen) atoms. The molecule has 1 heterocycles. The lowest BCUT2D eigenvalue weighted by molar-refractivity contribution is 0.196. The quantitative estimate of drug-likeness (QED) is 0.521. The van der Waals surface area contributed by atoms with E-state index in [0.717, 1.165) is 34.5 Å². The molecule has 7 heteroatoms. The molecule has 2 N–H and O–H groups in total. The lowest BCUT2D eigenvalue weighted by Gasteiger charge is -2.12. The van der Waals surface area contributed by atoms with Crippen molar-refractivity contribution in [2.75, 3.05) is 32.2 Å². The van der Waals surface area contributed by atoms with Crippen LogP contribution in [0.4, 0.5) is 5.82 Å². The van der Waals surface area contributed by atoms with Crippen LogP contribution < -0.4 is 14.8 Å². The Hall–Kier alpha value is -2.64. The third kappa shape index (κ3) is 5.43. The minimum atomic E-state index is -0.0495. The fourth-order valence-electron chi connectivity index (χ4n) is 2.70. The highest BCUT2D eigenvalue weighted by Crippen LogP contribution is 2.32. The average molecular weight is 444 g/mol. The fraction of sp³-hybridized carbons (Fsp3) is 0.238. The maximum Gasteiger partial charge on any atom is 0.161 e. The van der Waals surface area contributed by atoms with Crippen molar-refractivity contribution in [2.24, 2.45) is 0 Å². The van der Waals surface area contributed by atoms with Gasteiger partial charge in [-0.05, 0) is 42.3 Å². The number of aliphatic hydroxyl groups is 1. The zero-order chi connectivity index (χ0) is 19.8. The summed E-state index contributed by atoms with van der Waals surface area (Å²) in [6, 6.07) is 15.8. The second-order valence-corrected chi connectivity index (χ2v) is 6.95. The van der Waals surface area contributed by atoms with E-state index in [4.69, 9.17) is 14.6 Å². The lowest BCUT2D eigenvalue weighted by atomic mass is 10.1. The monoisotopic (exact) mass is 443 g/mol. The molecule has 6 nitrogen and oxygen atoms in total. The zero-order valence-electron chi connectivity index (χ0n) is 15.6. The van der Waals surface area contributed by atoms with E-state index in [-0.39, 0.29) is 13.2 Å². The van der Waals surface area contributed by atoms with Gasteiger partial charge in [0.15, 0.2) is 11.5 Å². The van der Waals surface area contributed by atoms with Gasteiger partial charge in [0.25, 0.3) is 0 Å². The van der Waals surface area contributed by atoms with Crippen LogP contribution in [0, 0.1) is 0 Å². The topological polar surface area (TPSA) is 76.5 Å². The van der Waals surface area contributed by atoms with E-state index in [9.17, 15) is 0 Å². The number of aliphatic hydroxyl groups excluding tert-OH is 1. The van der Waals surface area contributed by atoms with Crippen LogP contribution in [-0.4, -0.2) is 41.9 Å². The van der Waals surface area contributed by atoms with Crippen molar-refractivity contribution in [3.05, 3.63) is 64.9 Å². The second kappa shape index (κ2) is 10.1. The third-order valence-electron chi connectivity index (χ3n) is 4.11. The first kappa shape index (κ1) is 20.1. The Morgan fingerprint density at radius 3 is 2.61 bits per heavy atom. The van der Waals surface area contributed by atoms with Crippen molar-refractivity contribution >= 4 is 21.7 Å². The lowest BCUT2D eigenvalue weighted by Crippen LogP contribution is -2.06. The van der Waals surface area contributed by atoms with Gasteiger partial charge in [-0.1, -0.05) is 28.1 Å². The first-order valence-electron chi connectivity index (χ1n) is 8.92. The van der Waals surface area contributed by atoms with Gasteiger partial charge in [-0.25, -0.2) is 9.97 Å². The van der Waals surface area contributed by atoms with Crippen LogP contribution >= 0.6 is 15.9 Å². The van der Waals surface area contributed by atoms with Crippen LogP contribution in [0.15, 0.2) is 59.3 Å². The molecule has 0 aliphatic rings. The van der Waals surface area contributed by atoms with Gasteiger partial charge < -0.3 is 19.9 Å². The Balaban J connectivity index is 1.67. The molecule has 0 fully saturated rings. The molecule has 0 unspecified atom stereocenters. The Morgan fingerprint density at radius 2 is 1.86 bits per heavy atom. The molecule has 0 radical (unpaired) electrons. The smallest absolute Gasteiger partial charge is 0.161 e. The Bertz CT molecular complexity index is 904. The van der Waals surface area contributed by atoms with E-state index >= 15 is 0 Å². The summed E-state index contributed by atoms with van der Waals surface area (Å²) in [4.78, 5) is 8.66. The number of rotatable bonds is 9. The molecular weight excluding hydrogens is 422 g/mol. The normalized spacial score (nSPS) is 10.5. The van der Waals surface area contributed by atoms with Gasteiger partial charge in [0.2, 0.25) is 0 Å². The van der Waals surface area contributed by atoms with Crippen molar-refractivity contribution in [1.82, 2.24) is 9.97 Å². The number of benzene rings is 2. The van der Waals surface area contributed by atoms with Gasteiger partial charge in [-0.3, -0.25) is 0 Å². The van der Waals surface area contributed by atoms with Gasteiger partial charge in [0.05, 0.1) is 19.4 Å². The molecule has 0 amide bonds. The minimum Gasteiger partial charge on any atom is -0.493 e. The first-order chi connectivity index (χ1) is 13.7. The van der Waals surface area contributed by atoms with Crippen molar-refractivity contribution < 1.29 is 14.6 Å². The first-order valence-corrected chi connectivity index (χ1v) is 9.71. The number of anilines is 1. The van der Waals surface area contributed by atoms with Crippen molar-refractivity contribution in [1.29, 1.82) is 0 Å². The summed E-state index contributed by atoms with van der Waals surface area (Å²) in [5.74, 6) is 1.94. The van der Waals surface area contributed by atoms with E-state index in [1.165, 1.54) is 5.56 Å². The Labute approximate surface area is 172 Å². The number of hydrogen-bond donors (Lipinski definition) is 2. The van der Waals surface area contributed by atoms with Gasteiger partial charge >= 0.3 is 0 Å². The minimum absolute atomic E-state index is 0.0495. The Morgan fingerprint density at radius 1 is 1.04 bits per heavy atom. The van der Waals surface area contributed by atoms with E-state index < -0.39 is 0 Å². The fourth-order valence-corrected chi connectivity index (χ4v) is 2.96. The molecule has 2 aromatic carbocycles. The summed E-state index contributed by atoms with van der Waals surface area (Å²) in [6.45, 7) is 0.942. The number of nitrogens with one attached hydrogen (secondary N) is 1. The van der Waals surface area contributed by atoms with E-state index in [2.05, 4.69) is 43.3 Å². The van der Waals surface area contributed by atoms with Crippen LogP contribution in [0.3, 0.4) is 0 Å². The van der Waals surface area contributed by atoms with Crippen molar-refractivity contribution in [3.8, 4) is 22.8 Å². The van der Waals surface area contributed by atoms with Crippen LogP contribution in [0.25, 0.3) is 11.3 Å². The summed E-state index contributed by atoms with van der Waals surface area (Å²) in [6.07, 6.45) is 2.44. The summed E-state index contributed by atoms with van der Waals surface area (Å²) >= 11 is 3.45. The second-order valence-electron chi connectivity index (χ2n) is 6.03. The molecule has 1 aromatic heterocycles. The molecule has 0 aliphatic heterocycles. The zero-order valence-corrected chi connectivity index (χ0v) is 17.1. The van der Waals surface area contributed by atoms with Gasteiger partial charge in [-0.2, -0.15) is 0 Å². The number of aromatic nitrogens is 2. The van der Waals surface area contributed by atoms with E-state index in [1.807, 2.05) is 36.4 Å².